The number of carboxylic acid groups (broad SMARTS) is 1. The maximum atomic E-state index is 12.4. The lowest BCUT2D eigenvalue weighted by Crippen LogP contribution is -2.41. The van der Waals surface area contributed by atoms with Gasteiger partial charge in [-0.05, 0) is 34.5 Å². The zero-order valence-electron chi connectivity index (χ0n) is 9.72. The number of thioether (sulfide) groups is 1. The standard InChI is InChI=1S/C12H12BrNO3S/c1-7-3-2-4-8(10(7)13)11(15)14-6-18-5-9(14)12(16)17/h2-4,9H,5-6H2,1H3,(H,16,17)/t9-/m0/s1. The van der Waals surface area contributed by atoms with Gasteiger partial charge in [0.2, 0.25) is 0 Å². The number of halogens is 1. The Morgan fingerprint density at radius 2 is 2.22 bits per heavy atom. The van der Waals surface area contributed by atoms with E-state index in [0.29, 0.717) is 17.2 Å². The van der Waals surface area contributed by atoms with Crippen molar-refractivity contribution < 1.29 is 14.7 Å². The summed E-state index contributed by atoms with van der Waals surface area (Å²) in [5.41, 5.74) is 1.48. The van der Waals surface area contributed by atoms with Crippen LogP contribution in [0, 0.1) is 6.92 Å². The molecule has 1 saturated heterocycles. The number of amides is 1. The van der Waals surface area contributed by atoms with Crippen molar-refractivity contribution in [1.82, 2.24) is 4.90 Å². The molecule has 4 nitrogen and oxygen atoms in total. The summed E-state index contributed by atoms with van der Waals surface area (Å²) >= 11 is 4.84. The highest BCUT2D eigenvalue weighted by Gasteiger charge is 2.35. The van der Waals surface area contributed by atoms with Crippen LogP contribution in [0.25, 0.3) is 0 Å². The Hall–Kier alpha value is -1.01. The van der Waals surface area contributed by atoms with Gasteiger partial charge in [0.1, 0.15) is 6.04 Å². The van der Waals surface area contributed by atoms with Crippen molar-refractivity contribution in [2.24, 2.45) is 0 Å². The quantitative estimate of drug-likeness (QED) is 0.904. The molecular weight excluding hydrogens is 318 g/mol. The number of rotatable bonds is 2. The Bertz CT molecular complexity index is 506. The third kappa shape index (κ3) is 2.40. The lowest BCUT2D eigenvalue weighted by Gasteiger charge is -2.21. The monoisotopic (exact) mass is 329 g/mol. The first-order chi connectivity index (χ1) is 8.52. The highest BCUT2D eigenvalue weighted by molar-refractivity contribution is 9.10. The first-order valence-corrected chi connectivity index (χ1v) is 7.33. The second-order valence-corrected chi connectivity index (χ2v) is 5.86. The maximum absolute atomic E-state index is 12.4. The SMILES string of the molecule is Cc1cccc(C(=O)N2CSC[C@H]2C(=O)O)c1Br. The highest BCUT2D eigenvalue weighted by Crippen LogP contribution is 2.27. The molecule has 0 bridgehead atoms. The molecule has 0 saturated carbocycles. The van der Waals surface area contributed by atoms with Crippen LogP contribution in [0.5, 0.6) is 0 Å². The summed E-state index contributed by atoms with van der Waals surface area (Å²) in [6.45, 7) is 1.90. The summed E-state index contributed by atoms with van der Waals surface area (Å²) < 4.78 is 0.732. The third-order valence-electron chi connectivity index (χ3n) is 2.85. The number of aliphatic carboxylic acids is 1. The van der Waals surface area contributed by atoms with Gasteiger partial charge in [-0.15, -0.1) is 11.8 Å². The minimum atomic E-state index is -0.947. The van der Waals surface area contributed by atoms with Crippen molar-refractivity contribution >= 4 is 39.6 Å². The van der Waals surface area contributed by atoms with Gasteiger partial charge in [0, 0.05) is 10.2 Å². The van der Waals surface area contributed by atoms with Crippen LogP contribution in [0.15, 0.2) is 22.7 Å². The zero-order valence-corrected chi connectivity index (χ0v) is 12.1. The van der Waals surface area contributed by atoms with Gasteiger partial charge < -0.3 is 10.0 Å². The van der Waals surface area contributed by atoms with Crippen molar-refractivity contribution in [2.45, 2.75) is 13.0 Å². The summed E-state index contributed by atoms with van der Waals surface area (Å²) in [6.07, 6.45) is 0. The van der Waals surface area contributed by atoms with Gasteiger partial charge in [-0.3, -0.25) is 4.79 Å². The van der Waals surface area contributed by atoms with Crippen molar-refractivity contribution in [3.05, 3.63) is 33.8 Å². The fraction of sp³-hybridized carbons (Fsp3) is 0.333. The number of nitrogens with zero attached hydrogens (tertiary/aromatic N) is 1. The molecule has 0 spiro atoms. The van der Waals surface area contributed by atoms with Crippen LogP contribution in [0.3, 0.4) is 0 Å². The molecule has 6 heteroatoms. The normalized spacial score (nSPS) is 19.0. The van der Waals surface area contributed by atoms with Crippen molar-refractivity contribution in [1.29, 1.82) is 0 Å². The first-order valence-electron chi connectivity index (χ1n) is 5.39. The molecule has 1 atom stereocenters. The van der Waals surface area contributed by atoms with E-state index in [9.17, 15) is 9.59 Å². The van der Waals surface area contributed by atoms with Gasteiger partial charge >= 0.3 is 5.97 Å². The van der Waals surface area contributed by atoms with Crippen LogP contribution in [-0.4, -0.2) is 39.6 Å². The summed E-state index contributed by atoms with van der Waals surface area (Å²) in [5.74, 6) is -0.305. The fourth-order valence-electron chi connectivity index (χ4n) is 1.81. The molecule has 0 aliphatic carbocycles. The molecule has 1 aliphatic heterocycles. The largest absolute Gasteiger partial charge is 0.480 e. The molecule has 18 heavy (non-hydrogen) atoms. The molecule has 1 aromatic rings. The predicted molar refractivity (Wildman–Crippen MR) is 73.8 cm³/mol. The molecule has 1 aromatic carbocycles. The smallest absolute Gasteiger partial charge is 0.327 e. The van der Waals surface area contributed by atoms with Crippen LogP contribution in [0.4, 0.5) is 0 Å². The predicted octanol–water partition coefficient (Wildman–Crippen LogP) is 2.36. The van der Waals surface area contributed by atoms with Crippen LogP contribution in [0.1, 0.15) is 15.9 Å². The van der Waals surface area contributed by atoms with Crippen LogP contribution in [0.2, 0.25) is 0 Å². The molecule has 2 rings (SSSR count). The third-order valence-corrected chi connectivity index (χ3v) is 4.92. The van der Waals surface area contributed by atoms with E-state index in [1.165, 1.54) is 16.7 Å². The summed E-state index contributed by atoms with van der Waals surface area (Å²) in [6, 6.07) is 4.68. The van der Waals surface area contributed by atoms with Gasteiger partial charge in [-0.1, -0.05) is 12.1 Å². The van der Waals surface area contributed by atoms with Crippen molar-refractivity contribution in [3.8, 4) is 0 Å². The average Bonchev–Trinajstić information content (AvgIpc) is 2.81. The highest BCUT2D eigenvalue weighted by atomic mass is 79.9. The number of benzene rings is 1. The molecule has 96 valence electrons. The van der Waals surface area contributed by atoms with E-state index in [4.69, 9.17) is 5.11 Å². The Balaban J connectivity index is 2.31. The molecule has 1 heterocycles. The minimum Gasteiger partial charge on any atom is -0.480 e. The van der Waals surface area contributed by atoms with E-state index in [2.05, 4.69) is 15.9 Å². The van der Waals surface area contributed by atoms with E-state index in [1.54, 1.807) is 12.1 Å². The molecule has 0 aromatic heterocycles. The lowest BCUT2D eigenvalue weighted by molar-refractivity contribution is -0.140. The van der Waals surface area contributed by atoms with Crippen LogP contribution < -0.4 is 0 Å². The zero-order chi connectivity index (χ0) is 13.3. The van der Waals surface area contributed by atoms with Crippen LogP contribution >= 0.6 is 27.7 Å². The summed E-state index contributed by atoms with van der Waals surface area (Å²) in [7, 11) is 0. The Morgan fingerprint density at radius 1 is 1.50 bits per heavy atom. The van der Waals surface area contributed by atoms with Gasteiger partial charge in [0.25, 0.3) is 5.91 Å². The number of carbonyl (C=O) groups is 2. The molecule has 1 N–H and O–H groups in total. The number of hydrogen-bond donors (Lipinski definition) is 1. The Kier molecular flexibility index (Phi) is 3.97. The topological polar surface area (TPSA) is 57.6 Å². The second-order valence-electron chi connectivity index (χ2n) is 4.07. The number of carbonyl (C=O) groups excluding carboxylic acids is 1. The Morgan fingerprint density at radius 3 is 2.89 bits per heavy atom. The number of carboxylic acids is 1. The Labute approximate surface area is 117 Å². The number of hydrogen-bond acceptors (Lipinski definition) is 3. The minimum absolute atomic E-state index is 0.233. The fourth-order valence-corrected chi connectivity index (χ4v) is 3.39. The summed E-state index contributed by atoms with van der Waals surface area (Å²) in [5, 5.41) is 9.08. The van der Waals surface area contributed by atoms with Gasteiger partial charge in [0.05, 0.1) is 11.4 Å². The van der Waals surface area contributed by atoms with Gasteiger partial charge in [-0.2, -0.15) is 0 Å². The van der Waals surface area contributed by atoms with E-state index >= 15 is 0 Å². The second kappa shape index (κ2) is 5.32. The molecule has 1 aliphatic rings. The van der Waals surface area contributed by atoms with Gasteiger partial charge in [0.15, 0.2) is 0 Å². The molecular formula is C12H12BrNO3S. The molecule has 1 amide bonds. The van der Waals surface area contributed by atoms with E-state index in [-0.39, 0.29) is 5.91 Å². The maximum Gasteiger partial charge on any atom is 0.327 e. The van der Waals surface area contributed by atoms with Crippen molar-refractivity contribution in [2.75, 3.05) is 11.6 Å². The molecule has 0 radical (unpaired) electrons. The average molecular weight is 330 g/mol. The van der Waals surface area contributed by atoms with E-state index in [1.807, 2.05) is 13.0 Å². The van der Waals surface area contributed by atoms with Crippen molar-refractivity contribution in [3.63, 3.8) is 0 Å². The first kappa shape index (κ1) is 13.4. The van der Waals surface area contributed by atoms with E-state index < -0.39 is 12.0 Å². The van der Waals surface area contributed by atoms with E-state index in [0.717, 1.165) is 10.0 Å². The summed E-state index contributed by atoms with van der Waals surface area (Å²) in [4.78, 5) is 24.8. The van der Waals surface area contributed by atoms with Gasteiger partial charge in [-0.25, -0.2) is 4.79 Å². The molecule has 0 unspecified atom stereocenters. The lowest BCUT2D eigenvalue weighted by atomic mass is 10.1. The molecule has 1 fully saturated rings. The van der Waals surface area contributed by atoms with Crippen LogP contribution in [-0.2, 0) is 4.79 Å². The number of aryl methyl sites for hydroxylation is 1.